The molecule has 0 aliphatic heterocycles. The van der Waals surface area contributed by atoms with Crippen molar-refractivity contribution in [3.8, 4) is 44.8 Å². The van der Waals surface area contributed by atoms with Gasteiger partial charge in [0.1, 0.15) is 14.1 Å². The van der Waals surface area contributed by atoms with Gasteiger partial charge < -0.3 is 0 Å². The van der Waals surface area contributed by atoms with Gasteiger partial charge in [-0.25, -0.2) is 9.13 Å². The highest BCUT2D eigenvalue weighted by Crippen LogP contribution is 2.56. The zero-order valence-electron chi connectivity index (χ0n) is 32.5. The number of rotatable bonds is 6. The Hall–Kier alpha value is -6.52. The van der Waals surface area contributed by atoms with E-state index >= 15 is 0 Å². The van der Waals surface area contributed by atoms with E-state index in [-0.39, 0.29) is 0 Å². The summed E-state index contributed by atoms with van der Waals surface area (Å²) < 4.78 is 8.86. The van der Waals surface area contributed by atoms with Gasteiger partial charge in [-0.3, -0.25) is 0 Å². The van der Waals surface area contributed by atoms with Crippen molar-refractivity contribution in [3.63, 3.8) is 0 Å². The molecule has 8 aromatic rings. The van der Waals surface area contributed by atoms with Crippen LogP contribution in [0, 0.1) is 27.7 Å². The summed E-state index contributed by atoms with van der Waals surface area (Å²) in [6.45, 7) is 8.82. The molecule has 0 N–H and O–H groups in total. The Labute approximate surface area is 324 Å². The van der Waals surface area contributed by atoms with Crippen molar-refractivity contribution < 1.29 is 18.3 Å². The molecule has 0 atom stereocenters. The van der Waals surface area contributed by atoms with Crippen LogP contribution in [0.15, 0.2) is 170 Å². The third-order valence-corrected chi connectivity index (χ3v) is 11.6. The zero-order valence-corrected chi connectivity index (χ0v) is 32.5. The van der Waals surface area contributed by atoms with Crippen molar-refractivity contribution >= 4 is 0 Å². The lowest BCUT2D eigenvalue weighted by Crippen LogP contribution is -2.38. The first-order chi connectivity index (χ1) is 26.7. The van der Waals surface area contributed by atoms with E-state index in [2.05, 4.69) is 230 Å². The maximum atomic E-state index is 2.36. The number of fused-ring (bicyclic) bond motifs is 3. The molecule has 9 rings (SSSR count). The van der Waals surface area contributed by atoms with Crippen LogP contribution in [0.3, 0.4) is 0 Å². The normalized spacial score (nSPS) is 12.7. The summed E-state index contributed by atoms with van der Waals surface area (Å²) in [5.41, 5.74) is 19.3. The van der Waals surface area contributed by atoms with E-state index in [1.807, 2.05) is 0 Å². The van der Waals surface area contributed by atoms with Gasteiger partial charge in [0.25, 0.3) is 0 Å². The standard InChI is InChI=1S/C51H46N4/c1-35-31-41(39-23-27-52(5)28-24-39)32-36(2)54(35)45-19-15-43(16-20-45)51(49-13-9-7-11-47(49)48-12-8-10-14-50(48)51)44-17-21-46(22-18-44)55-37(3)33-42(34-38(55)4)40-25-29-53(6)30-26-40/h7-34H,1-6H3/q+4. The second kappa shape index (κ2) is 13.4. The maximum Gasteiger partial charge on any atom is 0.211 e. The smallest absolute Gasteiger partial charge is 0.208 e. The van der Waals surface area contributed by atoms with Crippen molar-refractivity contribution in [2.24, 2.45) is 14.1 Å². The third-order valence-electron chi connectivity index (χ3n) is 11.6. The largest absolute Gasteiger partial charge is 0.211 e. The molecule has 4 heterocycles. The Kier molecular flexibility index (Phi) is 8.35. The van der Waals surface area contributed by atoms with Crippen LogP contribution in [0.4, 0.5) is 0 Å². The van der Waals surface area contributed by atoms with E-state index in [1.165, 1.54) is 78.4 Å². The van der Waals surface area contributed by atoms with Crippen LogP contribution in [0.1, 0.15) is 45.0 Å². The molecule has 0 saturated heterocycles. The minimum Gasteiger partial charge on any atom is -0.208 e. The molecule has 0 amide bonds. The molecule has 4 heteroatoms. The van der Waals surface area contributed by atoms with Crippen LogP contribution in [-0.2, 0) is 19.5 Å². The molecule has 0 fully saturated rings. The number of hydrogen-bond donors (Lipinski definition) is 0. The van der Waals surface area contributed by atoms with Gasteiger partial charge >= 0.3 is 0 Å². The molecule has 0 saturated carbocycles. The average molecular weight is 715 g/mol. The van der Waals surface area contributed by atoms with Gasteiger partial charge in [0.2, 0.25) is 11.4 Å². The van der Waals surface area contributed by atoms with E-state index in [9.17, 15) is 0 Å². The molecule has 266 valence electrons. The summed E-state index contributed by atoms with van der Waals surface area (Å²) in [5, 5.41) is 0. The van der Waals surface area contributed by atoms with E-state index < -0.39 is 5.41 Å². The first-order valence-electron chi connectivity index (χ1n) is 19.1. The molecule has 1 aliphatic carbocycles. The number of benzene rings is 4. The predicted molar refractivity (Wildman–Crippen MR) is 219 cm³/mol. The minimum atomic E-state index is -0.478. The Balaban J connectivity index is 1.15. The average Bonchev–Trinajstić information content (AvgIpc) is 3.49. The number of aryl methyl sites for hydroxylation is 6. The predicted octanol–water partition coefficient (Wildman–Crippen LogP) is 8.82. The van der Waals surface area contributed by atoms with Crippen molar-refractivity contribution in [2.75, 3.05) is 0 Å². The maximum absolute atomic E-state index is 2.36. The van der Waals surface area contributed by atoms with Crippen LogP contribution in [0.5, 0.6) is 0 Å². The van der Waals surface area contributed by atoms with E-state index in [0.717, 1.165) is 11.4 Å². The van der Waals surface area contributed by atoms with Crippen LogP contribution in [-0.4, -0.2) is 0 Å². The SMILES string of the molecule is Cc1cc(-c2cc[n+](C)cc2)cc(C)[n+]1-c1ccc(C2(c3ccc(-[n+]4c(C)cc(-c5cc[n+](C)cc5)cc4C)cc3)c3ccccc3-c3ccccc32)cc1. The van der Waals surface area contributed by atoms with Gasteiger partial charge in [0.15, 0.2) is 47.6 Å². The fraction of sp³-hybridized carbons (Fsp3) is 0.137. The van der Waals surface area contributed by atoms with Crippen LogP contribution < -0.4 is 18.3 Å². The highest BCUT2D eigenvalue weighted by molar-refractivity contribution is 5.86. The van der Waals surface area contributed by atoms with Gasteiger partial charge in [-0.15, -0.1) is 0 Å². The topological polar surface area (TPSA) is 15.5 Å². The number of hydrogen-bond acceptors (Lipinski definition) is 0. The number of pyridine rings is 4. The van der Waals surface area contributed by atoms with Crippen LogP contribution in [0.2, 0.25) is 0 Å². The Morgan fingerprint density at radius 3 is 1.04 bits per heavy atom. The fourth-order valence-electron chi connectivity index (χ4n) is 9.08. The first kappa shape index (κ1) is 34.3. The van der Waals surface area contributed by atoms with E-state index in [0.29, 0.717) is 0 Å². The Bertz CT molecular complexity index is 2490. The van der Waals surface area contributed by atoms with E-state index in [4.69, 9.17) is 0 Å². The van der Waals surface area contributed by atoms with Gasteiger partial charge in [-0.05, 0) is 55.6 Å². The molecule has 4 aromatic carbocycles. The summed E-state index contributed by atoms with van der Waals surface area (Å²) in [4.78, 5) is 0. The summed E-state index contributed by atoms with van der Waals surface area (Å²) in [5.74, 6) is 0. The number of nitrogens with zero attached hydrogens (tertiary/aromatic N) is 4. The quantitative estimate of drug-likeness (QED) is 0.153. The zero-order chi connectivity index (χ0) is 37.8. The van der Waals surface area contributed by atoms with Gasteiger partial charge in [0.05, 0.1) is 5.41 Å². The second-order valence-corrected chi connectivity index (χ2v) is 15.2. The molecular formula is C51H46N4+4. The van der Waals surface area contributed by atoms with E-state index in [1.54, 1.807) is 0 Å². The molecule has 4 aromatic heterocycles. The van der Waals surface area contributed by atoms with Crippen molar-refractivity contribution in [2.45, 2.75) is 33.1 Å². The summed E-state index contributed by atoms with van der Waals surface area (Å²) >= 11 is 0. The van der Waals surface area contributed by atoms with Crippen LogP contribution >= 0.6 is 0 Å². The lowest BCUT2D eigenvalue weighted by molar-refractivity contribution is -0.671. The third kappa shape index (κ3) is 5.68. The summed E-state index contributed by atoms with van der Waals surface area (Å²) in [6, 6.07) is 54.4. The van der Waals surface area contributed by atoms with Crippen molar-refractivity contribution in [3.05, 3.63) is 215 Å². The lowest BCUT2D eigenvalue weighted by Gasteiger charge is -2.33. The van der Waals surface area contributed by atoms with Crippen molar-refractivity contribution in [1.82, 2.24) is 0 Å². The van der Waals surface area contributed by atoms with Gasteiger partial charge in [0, 0.05) is 100 Å². The highest BCUT2D eigenvalue weighted by atomic mass is 15.0. The van der Waals surface area contributed by atoms with Crippen LogP contribution in [0.25, 0.3) is 44.8 Å². The minimum absolute atomic E-state index is 0.478. The Morgan fingerprint density at radius 2 is 0.691 bits per heavy atom. The molecule has 55 heavy (non-hydrogen) atoms. The molecule has 4 nitrogen and oxygen atoms in total. The molecule has 0 bridgehead atoms. The number of aromatic nitrogens is 4. The van der Waals surface area contributed by atoms with Gasteiger partial charge in [-0.1, -0.05) is 72.8 Å². The molecule has 0 radical (unpaired) electrons. The fourth-order valence-corrected chi connectivity index (χ4v) is 9.08. The molecular weight excluding hydrogens is 669 g/mol. The van der Waals surface area contributed by atoms with Crippen molar-refractivity contribution in [1.29, 1.82) is 0 Å². The molecule has 0 spiro atoms. The highest BCUT2D eigenvalue weighted by Gasteiger charge is 2.46. The van der Waals surface area contributed by atoms with Gasteiger partial charge in [-0.2, -0.15) is 9.13 Å². The summed E-state index contributed by atoms with van der Waals surface area (Å²) in [6.07, 6.45) is 8.42. The monoisotopic (exact) mass is 714 g/mol. The molecule has 0 unspecified atom stereocenters. The first-order valence-corrected chi connectivity index (χ1v) is 19.1. The molecule has 1 aliphatic rings. The second-order valence-electron chi connectivity index (χ2n) is 15.2. The summed E-state index contributed by atoms with van der Waals surface area (Å²) in [7, 11) is 4.11. The lowest BCUT2D eigenvalue weighted by atomic mass is 9.67. The Morgan fingerprint density at radius 1 is 0.364 bits per heavy atom.